The van der Waals surface area contributed by atoms with E-state index in [0.29, 0.717) is 6.04 Å². The van der Waals surface area contributed by atoms with E-state index in [1.165, 1.54) is 19.4 Å². The number of carboxylic acid groups (broad SMARTS) is 1. The summed E-state index contributed by atoms with van der Waals surface area (Å²) in [4.78, 5) is 19.4. The highest BCUT2D eigenvalue weighted by Crippen LogP contribution is 2.39. The van der Waals surface area contributed by atoms with Crippen molar-refractivity contribution in [2.75, 3.05) is 20.2 Å². The normalized spacial score (nSPS) is 15.8. The minimum Gasteiger partial charge on any atom is -0.494 e. The van der Waals surface area contributed by atoms with E-state index in [4.69, 9.17) is 14.6 Å². The van der Waals surface area contributed by atoms with Crippen molar-refractivity contribution >= 4 is 32.9 Å². The Balaban J connectivity index is 0.000000426. The van der Waals surface area contributed by atoms with Gasteiger partial charge in [-0.25, -0.2) is 9.78 Å². The molecule has 1 saturated heterocycles. The molecule has 0 aliphatic carbocycles. The van der Waals surface area contributed by atoms with Gasteiger partial charge in [0.2, 0.25) is 0 Å². The molecule has 1 atom stereocenters. The SMILES string of the molecule is CN1CCCC1CCOc1ccc(-c2c(-c3ccccc3)[nH]c3ncc(Br)cc23)cc1.O=C(O)C(F)(F)F. The maximum atomic E-state index is 10.6. The number of nitrogens with zero attached hydrogens (tertiary/aromatic N) is 2. The zero-order chi connectivity index (χ0) is 27.3. The molecule has 1 aliphatic heterocycles. The van der Waals surface area contributed by atoms with E-state index in [9.17, 15) is 13.2 Å². The molecule has 0 bridgehead atoms. The van der Waals surface area contributed by atoms with Gasteiger partial charge in [-0.1, -0.05) is 42.5 Å². The zero-order valence-electron chi connectivity index (χ0n) is 20.6. The molecule has 0 amide bonds. The number of carbonyl (C=O) groups is 1. The quantitative estimate of drug-likeness (QED) is 0.249. The number of alkyl halides is 3. The number of hydrogen-bond donors (Lipinski definition) is 2. The van der Waals surface area contributed by atoms with Crippen LogP contribution in [0, 0.1) is 0 Å². The van der Waals surface area contributed by atoms with Crippen LogP contribution in [0.1, 0.15) is 19.3 Å². The van der Waals surface area contributed by atoms with Crippen molar-refractivity contribution in [3.8, 4) is 28.1 Å². The van der Waals surface area contributed by atoms with E-state index < -0.39 is 12.1 Å². The number of fused-ring (bicyclic) bond motifs is 1. The number of H-pyrrole nitrogens is 1. The Bertz CT molecular complexity index is 1380. The Morgan fingerprint density at radius 3 is 2.45 bits per heavy atom. The molecule has 6 nitrogen and oxygen atoms in total. The number of likely N-dealkylation sites (tertiary alicyclic amines) is 1. The standard InChI is InChI=1S/C26H26BrN3O.C2HF3O2/c1-30-14-5-8-21(30)13-15-31-22-11-9-18(10-12-22)24-23-16-20(27)17-28-26(23)29-25(24)19-6-3-2-4-7-19;3-2(4,5)1(6)7/h2-4,6-7,9-12,16-17,21H,5,8,13-15H2,1H3,(H,28,29);(H,6,7). The molecule has 2 aromatic carbocycles. The molecule has 5 rings (SSSR count). The molecular weight excluding hydrogens is 563 g/mol. The van der Waals surface area contributed by atoms with Crippen LogP contribution in [0.4, 0.5) is 13.2 Å². The zero-order valence-corrected chi connectivity index (χ0v) is 22.2. The van der Waals surface area contributed by atoms with Crippen molar-refractivity contribution in [1.29, 1.82) is 0 Å². The van der Waals surface area contributed by atoms with Crippen LogP contribution in [0.2, 0.25) is 0 Å². The first-order valence-corrected chi connectivity index (χ1v) is 12.9. The second kappa shape index (κ2) is 12.0. The van der Waals surface area contributed by atoms with Crippen LogP contribution in [0.25, 0.3) is 33.4 Å². The number of nitrogens with one attached hydrogen (secondary N) is 1. The van der Waals surface area contributed by atoms with Crippen LogP contribution in [-0.2, 0) is 4.79 Å². The van der Waals surface area contributed by atoms with Crippen molar-refractivity contribution in [1.82, 2.24) is 14.9 Å². The van der Waals surface area contributed by atoms with Crippen LogP contribution >= 0.6 is 15.9 Å². The molecule has 2 N–H and O–H groups in total. The summed E-state index contributed by atoms with van der Waals surface area (Å²) in [5.41, 5.74) is 5.42. The van der Waals surface area contributed by atoms with E-state index in [0.717, 1.165) is 56.7 Å². The number of aromatic nitrogens is 2. The van der Waals surface area contributed by atoms with Gasteiger partial charge in [-0.2, -0.15) is 13.2 Å². The third-order valence-corrected chi connectivity index (χ3v) is 6.89. The van der Waals surface area contributed by atoms with Crippen molar-refractivity contribution in [3.05, 3.63) is 71.3 Å². The Labute approximate surface area is 226 Å². The van der Waals surface area contributed by atoms with Gasteiger partial charge in [-0.05, 0) is 78.1 Å². The molecule has 4 aromatic rings. The average molecular weight is 590 g/mol. The Kier molecular flexibility index (Phi) is 8.73. The highest BCUT2D eigenvalue weighted by molar-refractivity contribution is 9.10. The van der Waals surface area contributed by atoms with Crippen molar-refractivity contribution in [2.24, 2.45) is 0 Å². The summed E-state index contributed by atoms with van der Waals surface area (Å²) in [6, 6.07) is 21.6. The summed E-state index contributed by atoms with van der Waals surface area (Å²) in [7, 11) is 2.21. The molecular formula is C28H27BrF3N3O3. The number of aliphatic carboxylic acids is 1. The summed E-state index contributed by atoms with van der Waals surface area (Å²) in [6.45, 7) is 1.96. The van der Waals surface area contributed by atoms with Gasteiger partial charge in [-0.3, -0.25) is 0 Å². The third kappa shape index (κ3) is 6.73. The molecule has 2 aromatic heterocycles. The van der Waals surface area contributed by atoms with Gasteiger partial charge < -0.3 is 19.7 Å². The van der Waals surface area contributed by atoms with Crippen LogP contribution in [0.15, 0.2) is 71.3 Å². The topological polar surface area (TPSA) is 78.5 Å². The fraction of sp³-hybridized carbons (Fsp3) is 0.286. The molecule has 1 fully saturated rings. The predicted octanol–water partition coefficient (Wildman–Crippen LogP) is 7.16. The first-order chi connectivity index (χ1) is 18.1. The van der Waals surface area contributed by atoms with E-state index in [1.54, 1.807) is 0 Å². The average Bonchev–Trinajstić information content (AvgIpc) is 3.48. The molecule has 200 valence electrons. The van der Waals surface area contributed by atoms with Crippen molar-refractivity contribution < 1.29 is 27.8 Å². The monoisotopic (exact) mass is 589 g/mol. The predicted molar refractivity (Wildman–Crippen MR) is 144 cm³/mol. The lowest BCUT2D eigenvalue weighted by molar-refractivity contribution is -0.192. The van der Waals surface area contributed by atoms with Crippen molar-refractivity contribution in [3.63, 3.8) is 0 Å². The summed E-state index contributed by atoms with van der Waals surface area (Å²) < 4.78 is 38.8. The van der Waals surface area contributed by atoms with Gasteiger partial charge in [0.1, 0.15) is 11.4 Å². The number of rotatable bonds is 6. The summed E-state index contributed by atoms with van der Waals surface area (Å²) >= 11 is 3.58. The van der Waals surface area contributed by atoms with Crippen LogP contribution in [0.5, 0.6) is 5.75 Å². The number of benzene rings is 2. The van der Waals surface area contributed by atoms with Gasteiger partial charge in [0, 0.05) is 27.7 Å². The number of carboxylic acids is 1. The van der Waals surface area contributed by atoms with Gasteiger partial charge in [0.05, 0.1) is 12.3 Å². The van der Waals surface area contributed by atoms with Crippen molar-refractivity contribution in [2.45, 2.75) is 31.5 Å². The first-order valence-electron chi connectivity index (χ1n) is 12.1. The lowest BCUT2D eigenvalue weighted by atomic mass is 9.99. The second-order valence-corrected chi connectivity index (χ2v) is 9.95. The number of aromatic amines is 1. The molecule has 0 spiro atoms. The molecule has 1 aliphatic rings. The Morgan fingerprint density at radius 2 is 1.84 bits per heavy atom. The van der Waals surface area contributed by atoms with Gasteiger partial charge >= 0.3 is 12.1 Å². The number of hydrogen-bond acceptors (Lipinski definition) is 4. The fourth-order valence-corrected chi connectivity index (χ4v) is 4.87. The molecule has 3 heterocycles. The van der Waals surface area contributed by atoms with Gasteiger partial charge in [-0.15, -0.1) is 0 Å². The van der Waals surface area contributed by atoms with Crippen LogP contribution in [0.3, 0.4) is 0 Å². The molecule has 0 radical (unpaired) electrons. The lowest BCUT2D eigenvalue weighted by Gasteiger charge is -2.19. The smallest absolute Gasteiger partial charge is 0.490 e. The van der Waals surface area contributed by atoms with Gasteiger partial charge in [0.15, 0.2) is 0 Å². The maximum Gasteiger partial charge on any atom is 0.490 e. The highest BCUT2D eigenvalue weighted by Gasteiger charge is 2.38. The summed E-state index contributed by atoms with van der Waals surface area (Å²) in [5.74, 6) is -1.84. The largest absolute Gasteiger partial charge is 0.494 e. The molecule has 1 unspecified atom stereocenters. The Morgan fingerprint density at radius 1 is 1.16 bits per heavy atom. The summed E-state index contributed by atoms with van der Waals surface area (Å²) in [6.07, 6.45) is 0.412. The van der Waals surface area contributed by atoms with Crippen LogP contribution < -0.4 is 4.74 Å². The fourth-order valence-electron chi connectivity index (χ4n) is 4.54. The number of pyridine rings is 1. The number of ether oxygens (including phenoxy) is 1. The third-order valence-electron chi connectivity index (χ3n) is 6.46. The van der Waals surface area contributed by atoms with E-state index >= 15 is 0 Å². The summed E-state index contributed by atoms with van der Waals surface area (Å²) in [5, 5.41) is 8.23. The Hall–Kier alpha value is -3.37. The molecule has 0 saturated carbocycles. The van der Waals surface area contributed by atoms with E-state index in [2.05, 4.69) is 92.4 Å². The molecule has 10 heteroatoms. The first kappa shape index (κ1) is 27.7. The minimum absolute atomic E-state index is 0.657. The van der Waals surface area contributed by atoms with E-state index in [1.807, 2.05) is 12.3 Å². The molecule has 38 heavy (non-hydrogen) atoms. The maximum absolute atomic E-state index is 10.6. The lowest BCUT2D eigenvalue weighted by Crippen LogP contribution is -2.26. The number of halogens is 4. The highest BCUT2D eigenvalue weighted by atomic mass is 79.9. The van der Waals surface area contributed by atoms with E-state index in [-0.39, 0.29) is 0 Å². The second-order valence-electron chi connectivity index (χ2n) is 9.03. The minimum atomic E-state index is -5.08. The van der Waals surface area contributed by atoms with Crippen LogP contribution in [-0.4, -0.2) is 58.4 Å². The van der Waals surface area contributed by atoms with Gasteiger partial charge in [0.25, 0.3) is 0 Å².